The van der Waals surface area contributed by atoms with Crippen LogP contribution in [0.15, 0.2) is 24.5 Å². The minimum atomic E-state index is -1.16. The normalized spacial score (nSPS) is 10.2. The zero-order valence-electron chi connectivity index (χ0n) is 9.18. The molecule has 0 saturated heterocycles. The van der Waals surface area contributed by atoms with Crippen LogP contribution in [-0.4, -0.2) is 22.0 Å². The van der Waals surface area contributed by atoms with Crippen LogP contribution >= 0.6 is 34.5 Å². The summed E-state index contributed by atoms with van der Waals surface area (Å²) in [5.74, 6) is -1.70. The smallest absolute Gasteiger partial charge is 0.337 e. The van der Waals surface area contributed by atoms with Gasteiger partial charge >= 0.3 is 5.97 Å². The Hall–Kier alpha value is -1.63. The molecule has 8 heteroatoms. The van der Waals surface area contributed by atoms with Gasteiger partial charge in [-0.1, -0.05) is 23.2 Å². The summed E-state index contributed by atoms with van der Waals surface area (Å²) >= 11 is 12.6. The average Bonchev–Trinajstić information content (AvgIpc) is 2.69. The van der Waals surface area contributed by atoms with Gasteiger partial charge in [-0.15, -0.1) is 11.3 Å². The Bertz CT molecular complexity index is 657. The van der Waals surface area contributed by atoms with E-state index in [0.717, 1.165) is 11.3 Å². The summed E-state index contributed by atoms with van der Waals surface area (Å²) in [6.07, 6.45) is 2.58. The van der Waals surface area contributed by atoms with Crippen molar-refractivity contribution in [1.82, 2.24) is 4.98 Å². The number of nitrogens with one attached hydrogen (secondary N) is 1. The highest BCUT2D eigenvalue weighted by atomic mass is 35.5. The molecule has 2 aromatic rings. The van der Waals surface area contributed by atoms with Crippen LogP contribution in [0.5, 0.6) is 0 Å². The summed E-state index contributed by atoms with van der Waals surface area (Å²) in [5, 5.41) is 11.4. The lowest BCUT2D eigenvalue weighted by Gasteiger charge is -2.06. The molecule has 0 spiro atoms. The SMILES string of the molecule is O=C(O)c1ccncc1NC(=O)c1cc(Cl)sc1Cl. The monoisotopic (exact) mass is 316 g/mol. The minimum absolute atomic E-state index is 0.0548. The zero-order valence-corrected chi connectivity index (χ0v) is 11.5. The van der Waals surface area contributed by atoms with Gasteiger partial charge in [-0.2, -0.15) is 0 Å². The van der Waals surface area contributed by atoms with E-state index in [0.29, 0.717) is 4.34 Å². The Kier molecular flexibility index (Phi) is 4.04. The lowest BCUT2D eigenvalue weighted by Crippen LogP contribution is -2.14. The molecule has 0 bridgehead atoms. The molecular formula is C11H6Cl2N2O3S. The molecule has 0 fully saturated rings. The fourth-order valence-corrected chi connectivity index (χ4v) is 2.82. The van der Waals surface area contributed by atoms with E-state index in [1.54, 1.807) is 0 Å². The number of pyridine rings is 1. The number of carbonyl (C=O) groups is 2. The molecule has 0 aliphatic carbocycles. The van der Waals surface area contributed by atoms with E-state index in [4.69, 9.17) is 28.3 Å². The summed E-state index contributed by atoms with van der Waals surface area (Å²) in [6, 6.07) is 2.71. The van der Waals surface area contributed by atoms with E-state index in [1.807, 2.05) is 0 Å². The molecule has 5 nitrogen and oxygen atoms in total. The topological polar surface area (TPSA) is 79.3 Å². The van der Waals surface area contributed by atoms with Crippen molar-refractivity contribution in [2.75, 3.05) is 5.32 Å². The van der Waals surface area contributed by atoms with Crippen LogP contribution in [0.25, 0.3) is 0 Å². The van der Waals surface area contributed by atoms with Gasteiger partial charge < -0.3 is 10.4 Å². The van der Waals surface area contributed by atoms with Crippen molar-refractivity contribution in [3.63, 3.8) is 0 Å². The summed E-state index contributed by atoms with van der Waals surface area (Å²) in [4.78, 5) is 26.7. The highest BCUT2D eigenvalue weighted by Gasteiger charge is 2.17. The first kappa shape index (κ1) is 13.8. The molecule has 0 saturated carbocycles. The molecule has 2 aromatic heterocycles. The van der Waals surface area contributed by atoms with E-state index < -0.39 is 11.9 Å². The first-order chi connectivity index (χ1) is 8.99. The van der Waals surface area contributed by atoms with Gasteiger partial charge in [0.1, 0.15) is 4.34 Å². The third kappa shape index (κ3) is 3.04. The van der Waals surface area contributed by atoms with Crippen LogP contribution in [0.3, 0.4) is 0 Å². The van der Waals surface area contributed by atoms with Crippen LogP contribution in [0.1, 0.15) is 20.7 Å². The Morgan fingerprint density at radius 2 is 2.05 bits per heavy atom. The summed E-state index contributed by atoms with van der Waals surface area (Å²) in [5.41, 5.74) is 0.232. The van der Waals surface area contributed by atoms with Crippen molar-refractivity contribution in [2.45, 2.75) is 0 Å². The number of halogens is 2. The van der Waals surface area contributed by atoms with E-state index >= 15 is 0 Å². The van der Waals surface area contributed by atoms with Gasteiger partial charge in [0.05, 0.1) is 27.3 Å². The molecule has 19 heavy (non-hydrogen) atoms. The number of rotatable bonds is 3. The molecule has 2 N–H and O–H groups in total. The van der Waals surface area contributed by atoms with Gasteiger partial charge in [0.25, 0.3) is 5.91 Å². The van der Waals surface area contributed by atoms with Crippen molar-refractivity contribution >= 4 is 52.1 Å². The molecule has 0 atom stereocenters. The number of anilines is 1. The molecule has 1 amide bonds. The summed E-state index contributed by atoms with van der Waals surface area (Å²) in [7, 11) is 0. The summed E-state index contributed by atoms with van der Waals surface area (Å²) < 4.78 is 0.614. The fraction of sp³-hybridized carbons (Fsp3) is 0. The van der Waals surface area contributed by atoms with E-state index in [-0.39, 0.29) is 21.2 Å². The Balaban J connectivity index is 2.29. The quantitative estimate of drug-likeness (QED) is 0.909. The molecule has 0 aliphatic rings. The standard InChI is InChI=1S/C11H6Cl2N2O3S/c12-8-3-6(9(13)19-8)10(16)15-7-4-14-2-1-5(7)11(17)18/h1-4H,(H,15,16)(H,17,18). The van der Waals surface area contributed by atoms with Crippen LogP contribution < -0.4 is 5.32 Å². The first-order valence-corrected chi connectivity index (χ1v) is 6.49. The van der Waals surface area contributed by atoms with Crippen LogP contribution in [-0.2, 0) is 0 Å². The minimum Gasteiger partial charge on any atom is -0.478 e. The second kappa shape index (κ2) is 5.56. The predicted octanol–water partition coefficient (Wildman–Crippen LogP) is 3.40. The molecule has 0 unspecified atom stereocenters. The molecular weight excluding hydrogens is 311 g/mol. The van der Waals surface area contributed by atoms with Gasteiger partial charge in [0.2, 0.25) is 0 Å². The average molecular weight is 317 g/mol. The molecule has 2 heterocycles. The van der Waals surface area contributed by atoms with Gasteiger partial charge in [0.15, 0.2) is 0 Å². The van der Waals surface area contributed by atoms with Gasteiger partial charge in [-0.05, 0) is 12.1 Å². The highest BCUT2D eigenvalue weighted by Crippen LogP contribution is 2.31. The number of thiophene rings is 1. The van der Waals surface area contributed by atoms with Crippen LogP contribution in [0, 0.1) is 0 Å². The Labute approximate surface area is 121 Å². The lowest BCUT2D eigenvalue weighted by atomic mass is 10.2. The number of amides is 1. The predicted molar refractivity (Wildman–Crippen MR) is 73.5 cm³/mol. The second-order valence-electron chi connectivity index (χ2n) is 3.42. The fourth-order valence-electron chi connectivity index (χ4n) is 1.37. The largest absolute Gasteiger partial charge is 0.478 e. The number of carbonyl (C=O) groups excluding carboxylic acids is 1. The summed E-state index contributed by atoms with van der Waals surface area (Å²) in [6.45, 7) is 0. The highest BCUT2D eigenvalue weighted by molar-refractivity contribution is 7.20. The molecule has 0 aliphatic heterocycles. The van der Waals surface area contributed by atoms with E-state index in [2.05, 4.69) is 10.3 Å². The van der Waals surface area contributed by atoms with Crippen molar-refractivity contribution in [3.05, 3.63) is 44.3 Å². The van der Waals surface area contributed by atoms with E-state index in [1.165, 1.54) is 24.5 Å². The first-order valence-electron chi connectivity index (χ1n) is 4.92. The van der Waals surface area contributed by atoms with Crippen molar-refractivity contribution in [2.24, 2.45) is 0 Å². The maximum absolute atomic E-state index is 12.0. The lowest BCUT2D eigenvalue weighted by molar-refractivity contribution is 0.0698. The van der Waals surface area contributed by atoms with Crippen molar-refractivity contribution < 1.29 is 14.7 Å². The number of aromatic nitrogens is 1. The Morgan fingerprint density at radius 1 is 1.32 bits per heavy atom. The number of aromatic carboxylic acids is 1. The van der Waals surface area contributed by atoms with Gasteiger partial charge in [0, 0.05) is 6.20 Å². The molecule has 0 aromatic carbocycles. The maximum Gasteiger partial charge on any atom is 0.337 e. The number of hydrogen-bond donors (Lipinski definition) is 2. The molecule has 0 radical (unpaired) electrons. The van der Waals surface area contributed by atoms with Crippen molar-refractivity contribution in [1.29, 1.82) is 0 Å². The molecule has 2 rings (SSSR count). The number of carboxylic acid groups (broad SMARTS) is 1. The van der Waals surface area contributed by atoms with Gasteiger partial charge in [-0.25, -0.2) is 4.79 Å². The molecule has 98 valence electrons. The zero-order chi connectivity index (χ0) is 14.0. The van der Waals surface area contributed by atoms with Crippen LogP contribution in [0.4, 0.5) is 5.69 Å². The number of nitrogens with zero attached hydrogens (tertiary/aromatic N) is 1. The van der Waals surface area contributed by atoms with Gasteiger partial charge in [-0.3, -0.25) is 9.78 Å². The third-order valence-corrected chi connectivity index (χ3v) is 3.69. The Morgan fingerprint density at radius 3 is 2.63 bits per heavy atom. The second-order valence-corrected chi connectivity index (χ2v) is 5.70. The third-order valence-electron chi connectivity index (χ3n) is 2.20. The maximum atomic E-state index is 12.0. The van der Waals surface area contributed by atoms with Crippen LogP contribution in [0.2, 0.25) is 8.67 Å². The number of carboxylic acids is 1. The van der Waals surface area contributed by atoms with E-state index in [9.17, 15) is 9.59 Å². The van der Waals surface area contributed by atoms with Crippen molar-refractivity contribution in [3.8, 4) is 0 Å². The number of hydrogen-bond acceptors (Lipinski definition) is 4.